The Balaban J connectivity index is 1.27. The van der Waals surface area contributed by atoms with E-state index in [9.17, 15) is 4.79 Å². The maximum atomic E-state index is 11.9. The van der Waals surface area contributed by atoms with Crippen molar-refractivity contribution in [2.24, 2.45) is 0 Å². The molecule has 0 bridgehead atoms. The van der Waals surface area contributed by atoms with Gasteiger partial charge < -0.3 is 4.74 Å². The van der Waals surface area contributed by atoms with Gasteiger partial charge in [0.25, 0.3) is 0 Å². The molecule has 0 spiro atoms. The lowest BCUT2D eigenvalue weighted by Crippen LogP contribution is -2.06. The van der Waals surface area contributed by atoms with Gasteiger partial charge in [0.2, 0.25) is 0 Å². The van der Waals surface area contributed by atoms with Crippen molar-refractivity contribution in [1.29, 1.82) is 0 Å². The van der Waals surface area contributed by atoms with E-state index in [1.165, 1.54) is 18.6 Å². The molecule has 0 saturated carbocycles. The van der Waals surface area contributed by atoms with Crippen molar-refractivity contribution in [2.75, 3.05) is 12.4 Å². The zero-order valence-electron chi connectivity index (χ0n) is 16.8. The monoisotopic (exact) mass is 436 g/mol. The fourth-order valence-electron chi connectivity index (χ4n) is 3.53. The number of hydrogen-bond acceptors (Lipinski definition) is 6. The van der Waals surface area contributed by atoms with Crippen LogP contribution < -0.4 is 0 Å². The van der Waals surface area contributed by atoms with Crippen molar-refractivity contribution in [2.45, 2.75) is 43.8 Å². The standard InChI is InChI=1S/C24H24N2O2S2/c27-22(11-2-1-9-20-12-16-29-30-20)28-15-4-3-7-18-17-19-8-5-13-25-23(19)24-21(18)10-6-14-26-24/h5-6,8,10,13-14,17,20H,1-2,4,9,11-12,15-16H2. The van der Waals surface area contributed by atoms with E-state index in [1.807, 2.05) is 51.9 Å². The van der Waals surface area contributed by atoms with Gasteiger partial charge in [-0.2, -0.15) is 0 Å². The summed E-state index contributed by atoms with van der Waals surface area (Å²) in [5.74, 6) is 7.51. The molecule has 0 N–H and O–H groups in total. The largest absolute Gasteiger partial charge is 0.465 e. The lowest BCUT2D eigenvalue weighted by atomic mass is 10.0. The maximum Gasteiger partial charge on any atom is 0.305 e. The Hall–Kier alpha value is -2.23. The average Bonchev–Trinajstić information content (AvgIpc) is 3.30. The lowest BCUT2D eigenvalue weighted by molar-refractivity contribution is -0.143. The minimum Gasteiger partial charge on any atom is -0.465 e. The van der Waals surface area contributed by atoms with Gasteiger partial charge >= 0.3 is 5.97 Å². The van der Waals surface area contributed by atoms with Gasteiger partial charge in [0.1, 0.15) is 6.61 Å². The molecule has 1 aromatic carbocycles. The van der Waals surface area contributed by atoms with Gasteiger partial charge in [-0.1, -0.05) is 45.9 Å². The van der Waals surface area contributed by atoms with Gasteiger partial charge in [0, 0.05) is 52.6 Å². The Bertz CT molecular complexity index is 1080. The van der Waals surface area contributed by atoms with Crippen LogP contribution in [-0.2, 0) is 9.53 Å². The minimum absolute atomic E-state index is 0.114. The molecule has 1 atom stereocenters. The molecular formula is C24H24N2O2S2. The van der Waals surface area contributed by atoms with Gasteiger partial charge in [-0.3, -0.25) is 14.8 Å². The second kappa shape index (κ2) is 10.7. The first-order valence-electron chi connectivity index (χ1n) is 10.4. The van der Waals surface area contributed by atoms with Crippen LogP contribution in [0.2, 0.25) is 0 Å². The zero-order valence-corrected chi connectivity index (χ0v) is 18.4. The topological polar surface area (TPSA) is 52.1 Å². The third-order valence-corrected chi connectivity index (χ3v) is 8.07. The Labute approximate surface area is 185 Å². The van der Waals surface area contributed by atoms with Crippen LogP contribution in [-0.4, -0.2) is 33.5 Å². The number of carbonyl (C=O) groups excluding carboxylic acids is 1. The molecule has 1 aliphatic heterocycles. The number of rotatable bonds is 7. The predicted octanol–water partition coefficient (Wildman–Crippen LogP) is 5.78. The highest BCUT2D eigenvalue weighted by molar-refractivity contribution is 8.77. The summed E-state index contributed by atoms with van der Waals surface area (Å²) in [7, 11) is 3.96. The van der Waals surface area contributed by atoms with Crippen LogP contribution >= 0.6 is 21.6 Å². The molecule has 2 aromatic heterocycles. The molecule has 30 heavy (non-hydrogen) atoms. The molecule has 4 nitrogen and oxygen atoms in total. The summed E-state index contributed by atoms with van der Waals surface area (Å²) in [5.41, 5.74) is 2.67. The fraction of sp³-hybridized carbons (Fsp3) is 0.375. The van der Waals surface area contributed by atoms with E-state index < -0.39 is 0 Å². The minimum atomic E-state index is -0.114. The van der Waals surface area contributed by atoms with Gasteiger partial charge in [0.05, 0.1) is 11.0 Å². The summed E-state index contributed by atoms with van der Waals surface area (Å²) in [4.78, 5) is 20.9. The maximum absolute atomic E-state index is 11.9. The van der Waals surface area contributed by atoms with Crippen molar-refractivity contribution >= 4 is 49.4 Å². The third-order valence-electron chi connectivity index (χ3n) is 5.06. The summed E-state index contributed by atoms with van der Waals surface area (Å²) in [6, 6.07) is 9.91. The van der Waals surface area contributed by atoms with Gasteiger partial charge in [-0.15, -0.1) is 0 Å². The Morgan fingerprint density at radius 3 is 2.90 bits per heavy atom. The number of nitrogens with zero attached hydrogens (tertiary/aromatic N) is 2. The molecule has 1 unspecified atom stereocenters. The number of esters is 1. The van der Waals surface area contributed by atoms with Crippen LogP contribution in [0.5, 0.6) is 0 Å². The van der Waals surface area contributed by atoms with Crippen LogP contribution in [0.15, 0.2) is 42.7 Å². The van der Waals surface area contributed by atoms with Crippen LogP contribution in [0.3, 0.4) is 0 Å². The number of carbonyl (C=O) groups is 1. The Morgan fingerprint density at radius 2 is 2.03 bits per heavy atom. The molecule has 0 aliphatic carbocycles. The van der Waals surface area contributed by atoms with Crippen molar-refractivity contribution in [3.63, 3.8) is 0 Å². The number of unbranched alkanes of at least 4 members (excludes halogenated alkanes) is 1. The van der Waals surface area contributed by atoms with Crippen molar-refractivity contribution in [1.82, 2.24) is 9.97 Å². The molecule has 6 heteroatoms. The van der Waals surface area contributed by atoms with Crippen molar-refractivity contribution in [3.05, 3.63) is 48.3 Å². The van der Waals surface area contributed by atoms with Gasteiger partial charge in [0.15, 0.2) is 0 Å². The number of benzene rings is 1. The van der Waals surface area contributed by atoms with E-state index in [4.69, 9.17) is 4.74 Å². The highest BCUT2D eigenvalue weighted by Crippen LogP contribution is 2.39. The second-order valence-electron chi connectivity index (χ2n) is 7.25. The number of fused-ring (bicyclic) bond motifs is 3. The summed E-state index contributed by atoms with van der Waals surface area (Å²) >= 11 is 0. The van der Waals surface area contributed by atoms with E-state index in [2.05, 4.69) is 21.8 Å². The summed E-state index contributed by atoms with van der Waals surface area (Å²) in [6.45, 7) is 0.340. The predicted molar refractivity (Wildman–Crippen MR) is 126 cm³/mol. The smallest absolute Gasteiger partial charge is 0.305 e. The Morgan fingerprint density at radius 1 is 1.17 bits per heavy atom. The molecular weight excluding hydrogens is 412 g/mol. The van der Waals surface area contributed by atoms with E-state index >= 15 is 0 Å². The van der Waals surface area contributed by atoms with Gasteiger partial charge in [-0.05, 0) is 43.5 Å². The molecule has 0 amide bonds. The molecule has 3 aromatic rings. The zero-order chi connectivity index (χ0) is 20.6. The van der Waals surface area contributed by atoms with E-state index in [-0.39, 0.29) is 5.97 Å². The first-order chi connectivity index (χ1) is 14.8. The molecule has 1 aliphatic rings. The third kappa shape index (κ3) is 5.47. The molecule has 1 saturated heterocycles. The van der Waals surface area contributed by atoms with Crippen LogP contribution in [0.1, 0.15) is 44.1 Å². The number of pyridine rings is 2. The van der Waals surface area contributed by atoms with Gasteiger partial charge in [-0.25, -0.2) is 0 Å². The molecule has 1 fully saturated rings. The Kier molecular flexibility index (Phi) is 7.49. The molecule has 0 radical (unpaired) electrons. The van der Waals surface area contributed by atoms with Crippen LogP contribution in [0.25, 0.3) is 21.8 Å². The highest BCUT2D eigenvalue weighted by atomic mass is 33.1. The average molecular weight is 437 g/mol. The molecule has 154 valence electrons. The summed E-state index contributed by atoms with van der Waals surface area (Å²) < 4.78 is 5.34. The van der Waals surface area contributed by atoms with Crippen molar-refractivity contribution < 1.29 is 9.53 Å². The molecule has 3 heterocycles. The van der Waals surface area contributed by atoms with E-state index in [0.29, 0.717) is 19.4 Å². The van der Waals surface area contributed by atoms with Crippen LogP contribution in [0, 0.1) is 11.8 Å². The quantitative estimate of drug-likeness (QED) is 0.154. The van der Waals surface area contributed by atoms with Crippen LogP contribution in [0.4, 0.5) is 0 Å². The number of ether oxygens (including phenoxy) is 1. The number of hydrogen-bond donors (Lipinski definition) is 0. The highest BCUT2D eigenvalue weighted by Gasteiger charge is 2.15. The van der Waals surface area contributed by atoms with E-state index in [1.54, 1.807) is 12.4 Å². The summed E-state index contributed by atoms with van der Waals surface area (Å²) in [6.07, 6.45) is 9.11. The van der Waals surface area contributed by atoms with Crippen molar-refractivity contribution in [3.8, 4) is 11.8 Å². The normalized spacial score (nSPS) is 15.8. The lowest BCUT2D eigenvalue weighted by Gasteiger charge is -2.06. The first kappa shape index (κ1) is 21.0. The molecule has 4 rings (SSSR count). The van der Waals surface area contributed by atoms with E-state index in [0.717, 1.165) is 45.5 Å². The summed E-state index contributed by atoms with van der Waals surface area (Å²) in [5, 5.41) is 2.79. The second-order valence-corrected chi connectivity index (χ2v) is 10.0. The SMILES string of the molecule is O=C(CCCCC1CCSS1)OCCC#Cc1cc2cccnc2c2ncccc12. The fourth-order valence-corrected chi connectivity index (χ4v) is 6.56. The first-order valence-corrected chi connectivity index (χ1v) is 12.7. The number of aromatic nitrogens is 2.